The van der Waals surface area contributed by atoms with Crippen LogP contribution in [0.1, 0.15) is 11.3 Å². The number of hydrogen-bond donors (Lipinski definition) is 0. The number of carbonyl (C=O) groups excluding carboxylic acids is 1. The molecule has 0 bridgehead atoms. The monoisotopic (exact) mass is 342 g/mol. The summed E-state index contributed by atoms with van der Waals surface area (Å²) in [6.45, 7) is 3.70. The van der Waals surface area contributed by atoms with E-state index in [1.54, 1.807) is 30.9 Å². The lowest BCUT2D eigenvalue weighted by Gasteiger charge is -2.17. The highest BCUT2D eigenvalue weighted by Gasteiger charge is 2.17. The molecule has 0 N–H and O–H groups in total. The first-order valence-electron chi connectivity index (χ1n) is 7.82. The van der Waals surface area contributed by atoms with E-state index in [0.29, 0.717) is 17.2 Å². The molecule has 1 amide bonds. The van der Waals surface area contributed by atoms with Gasteiger partial charge in [0.25, 0.3) is 5.91 Å². The molecule has 0 unspecified atom stereocenters. The summed E-state index contributed by atoms with van der Waals surface area (Å²) in [4.78, 5) is 18.2. The molecule has 0 spiro atoms. The van der Waals surface area contributed by atoms with Gasteiger partial charge >= 0.3 is 0 Å². The molecule has 25 heavy (non-hydrogen) atoms. The SMILES string of the molecule is Cc1cc(C)c2c(OCC(=O)N(C)c3ccc(F)cc3)nn(C)c2n1. The Bertz CT molecular complexity index is 934. The Kier molecular flexibility index (Phi) is 4.39. The van der Waals surface area contributed by atoms with Gasteiger partial charge in [-0.25, -0.2) is 14.1 Å². The average Bonchev–Trinajstić information content (AvgIpc) is 2.89. The molecule has 0 aliphatic heterocycles. The largest absolute Gasteiger partial charge is 0.466 e. The molecule has 7 heteroatoms. The smallest absolute Gasteiger partial charge is 0.264 e. The fourth-order valence-corrected chi connectivity index (χ4v) is 2.69. The van der Waals surface area contributed by atoms with Crippen LogP contribution >= 0.6 is 0 Å². The van der Waals surface area contributed by atoms with Crippen molar-refractivity contribution < 1.29 is 13.9 Å². The molecule has 0 atom stereocenters. The highest BCUT2D eigenvalue weighted by Crippen LogP contribution is 2.27. The van der Waals surface area contributed by atoms with Crippen molar-refractivity contribution in [2.45, 2.75) is 13.8 Å². The number of nitrogens with zero attached hydrogens (tertiary/aromatic N) is 4. The summed E-state index contributed by atoms with van der Waals surface area (Å²) in [6.07, 6.45) is 0. The number of aromatic nitrogens is 3. The number of anilines is 1. The van der Waals surface area contributed by atoms with Crippen molar-refractivity contribution in [3.05, 3.63) is 47.4 Å². The van der Waals surface area contributed by atoms with Crippen LogP contribution in [-0.2, 0) is 11.8 Å². The average molecular weight is 342 g/mol. The first-order valence-corrected chi connectivity index (χ1v) is 7.82. The molecule has 2 heterocycles. The molecular formula is C18H19FN4O2. The quantitative estimate of drug-likeness (QED) is 0.731. The van der Waals surface area contributed by atoms with E-state index in [9.17, 15) is 9.18 Å². The van der Waals surface area contributed by atoms with Gasteiger partial charge in [-0.2, -0.15) is 0 Å². The van der Waals surface area contributed by atoms with Crippen LogP contribution in [0.2, 0.25) is 0 Å². The zero-order valence-corrected chi connectivity index (χ0v) is 14.6. The lowest BCUT2D eigenvalue weighted by atomic mass is 10.2. The van der Waals surface area contributed by atoms with Crippen LogP contribution in [0.5, 0.6) is 5.88 Å². The lowest BCUT2D eigenvalue weighted by molar-refractivity contribution is -0.120. The maximum Gasteiger partial charge on any atom is 0.264 e. The van der Waals surface area contributed by atoms with E-state index >= 15 is 0 Å². The Balaban J connectivity index is 1.78. The Hall–Kier alpha value is -2.96. The van der Waals surface area contributed by atoms with Crippen molar-refractivity contribution in [3.8, 4) is 5.88 Å². The molecule has 6 nitrogen and oxygen atoms in total. The van der Waals surface area contributed by atoms with E-state index in [-0.39, 0.29) is 18.3 Å². The first-order chi connectivity index (χ1) is 11.9. The van der Waals surface area contributed by atoms with E-state index < -0.39 is 0 Å². The number of likely N-dealkylation sites (N-methyl/N-ethyl adjacent to an activating group) is 1. The number of hydrogen-bond acceptors (Lipinski definition) is 4. The third kappa shape index (κ3) is 3.31. The third-order valence-corrected chi connectivity index (χ3v) is 4.01. The van der Waals surface area contributed by atoms with Gasteiger partial charge in [-0.3, -0.25) is 4.79 Å². The Morgan fingerprint density at radius 2 is 1.96 bits per heavy atom. The number of halogens is 1. The number of fused-ring (bicyclic) bond motifs is 1. The standard InChI is InChI=1S/C18H19FN4O2/c1-11-9-12(2)20-17-16(11)18(21-23(17)4)25-10-15(24)22(3)14-7-5-13(19)6-8-14/h5-9H,10H2,1-4H3. The van der Waals surface area contributed by atoms with E-state index in [4.69, 9.17) is 4.74 Å². The minimum Gasteiger partial charge on any atom is -0.466 e. The van der Waals surface area contributed by atoms with E-state index in [2.05, 4.69) is 10.1 Å². The predicted octanol–water partition coefficient (Wildman–Crippen LogP) is 2.77. The molecular weight excluding hydrogens is 323 g/mol. The maximum absolute atomic E-state index is 13.0. The van der Waals surface area contributed by atoms with Crippen molar-refractivity contribution >= 4 is 22.6 Å². The first kappa shape index (κ1) is 16.9. The van der Waals surface area contributed by atoms with Gasteiger partial charge in [0.2, 0.25) is 5.88 Å². The second-order valence-electron chi connectivity index (χ2n) is 5.93. The van der Waals surface area contributed by atoms with E-state index in [1.165, 1.54) is 17.0 Å². The second-order valence-corrected chi connectivity index (χ2v) is 5.93. The molecule has 0 aliphatic carbocycles. The highest BCUT2D eigenvalue weighted by atomic mass is 19.1. The van der Waals surface area contributed by atoms with Crippen LogP contribution in [0.3, 0.4) is 0 Å². The van der Waals surface area contributed by atoms with E-state index in [1.807, 2.05) is 19.9 Å². The van der Waals surface area contributed by atoms with Gasteiger partial charge in [0.1, 0.15) is 5.82 Å². The zero-order chi connectivity index (χ0) is 18.1. The topological polar surface area (TPSA) is 60.2 Å². The number of benzene rings is 1. The van der Waals surface area contributed by atoms with Crippen LogP contribution in [0.15, 0.2) is 30.3 Å². The molecule has 0 fully saturated rings. The number of amides is 1. The molecule has 2 aromatic heterocycles. The lowest BCUT2D eigenvalue weighted by Crippen LogP contribution is -2.31. The summed E-state index contributed by atoms with van der Waals surface area (Å²) >= 11 is 0. The van der Waals surface area contributed by atoms with Gasteiger partial charge in [0, 0.05) is 25.5 Å². The normalized spacial score (nSPS) is 10.9. The summed E-state index contributed by atoms with van der Waals surface area (Å²) in [7, 11) is 3.40. The van der Waals surface area contributed by atoms with Gasteiger partial charge in [0.15, 0.2) is 12.3 Å². The van der Waals surface area contributed by atoms with Gasteiger partial charge in [-0.15, -0.1) is 5.10 Å². The number of ether oxygens (including phenoxy) is 1. The van der Waals surface area contributed by atoms with Crippen LogP contribution < -0.4 is 9.64 Å². The second kappa shape index (κ2) is 6.51. The zero-order valence-electron chi connectivity index (χ0n) is 14.6. The number of aryl methyl sites for hydroxylation is 3. The van der Waals surface area contributed by atoms with Crippen LogP contribution in [0, 0.1) is 19.7 Å². The highest BCUT2D eigenvalue weighted by molar-refractivity contribution is 5.94. The molecule has 0 radical (unpaired) electrons. The number of carbonyl (C=O) groups is 1. The number of pyridine rings is 1. The minimum atomic E-state index is -0.348. The minimum absolute atomic E-state index is 0.173. The van der Waals surface area contributed by atoms with Crippen molar-refractivity contribution in [2.75, 3.05) is 18.6 Å². The number of rotatable bonds is 4. The molecule has 130 valence electrons. The molecule has 3 rings (SSSR count). The van der Waals surface area contributed by atoms with Crippen molar-refractivity contribution in [1.29, 1.82) is 0 Å². The maximum atomic E-state index is 13.0. The molecule has 0 aliphatic rings. The summed E-state index contributed by atoms with van der Waals surface area (Å²) in [5.74, 6) is -0.231. The van der Waals surface area contributed by atoms with Gasteiger partial charge in [-0.1, -0.05) is 0 Å². The molecule has 0 saturated heterocycles. The Labute approximate surface area is 144 Å². The van der Waals surface area contributed by atoms with Crippen molar-refractivity contribution in [3.63, 3.8) is 0 Å². The molecule has 3 aromatic rings. The Morgan fingerprint density at radius 1 is 1.28 bits per heavy atom. The van der Waals surface area contributed by atoms with Crippen LogP contribution in [0.4, 0.5) is 10.1 Å². The third-order valence-electron chi connectivity index (χ3n) is 4.01. The summed E-state index contributed by atoms with van der Waals surface area (Å²) < 4.78 is 20.3. The van der Waals surface area contributed by atoms with Gasteiger partial charge in [-0.05, 0) is 49.7 Å². The van der Waals surface area contributed by atoms with Crippen molar-refractivity contribution in [1.82, 2.24) is 14.8 Å². The van der Waals surface area contributed by atoms with Crippen LogP contribution in [-0.4, -0.2) is 34.3 Å². The fourth-order valence-electron chi connectivity index (χ4n) is 2.69. The summed E-state index contributed by atoms with van der Waals surface area (Å²) in [5, 5.41) is 5.12. The van der Waals surface area contributed by atoms with Gasteiger partial charge in [0.05, 0.1) is 5.39 Å². The van der Waals surface area contributed by atoms with E-state index in [0.717, 1.165) is 16.6 Å². The fraction of sp³-hybridized carbons (Fsp3) is 0.278. The van der Waals surface area contributed by atoms with Crippen molar-refractivity contribution in [2.24, 2.45) is 7.05 Å². The summed E-state index contributed by atoms with van der Waals surface area (Å²) in [5.41, 5.74) is 3.19. The Morgan fingerprint density at radius 3 is 2.64 bits per heavy atom. The molecule has 1 aromatic carbocycles. The summed E-state index contributed by atoms with van der Waals surface area (Å²) in [6, 6.07) is 7.65. The molecule has 0 saturated carbocycles. The van der Waals surface area contributed by atoms with Gasteiger partial charge < -0.3 is 9.64 Å². The predicted molar refractivity (Wildman–Crippen MR) is 93.3 cm³/mol. The van der Waals surface area contributed by atoms with Crippen LogP contribution in [0.25, 0.3) is 11.0 Å².